The first-order chi connectivity index (χ1) is 12.1. The molecule has 3 aromatic rings. The molecule has 4 rings (SSSR count). The highest BCUT2D eigenvalue weighted by molar-refractivity contribution is 14.1. The Bertz CT molecular complexity index is 1050. The van der Waals surface area contributed by atoms with E-state index in [2.05, 4.69) is 25.9 Å². The first kappa shape index (κ1) is 15.8. The molecular formula is C16H13IN6O2. The minimum Gasteiger partial charge on any atom is -0.354 e. The third kappa shape index (κ3) is 2.69. The van der Waals surface area contributed by atoms with Crippen LogP contribution < -0.4 is 10.7 Å². The molecule has 0 unspecified atom stereocenters. The van der Waals surface area contributed by atoms with E-state index < -0.39 is 0 Å². The second-order valence-electron chi connectivity index (χ2n) is 5.64. The monoisotopic (exact) mass is 448 g/mol. The molecule has 0 bridgehead atoms. The normalized spacial score (nSPS) is 13.0. The number of hydrogen-bond acceptors (Lipinski definition) is 4. The van der Waals surface area contributed by atoms with Gasteiger partial charge >= 0.3 is 0 Å². The van der Waals surface area contributed by atoms with Crippen molar-refractivity contribution in [3.63, 3.8) is 0 Å². The Kier molecular flexibility index (Phi) is 3.79. The Morgan fingerprint density at radius 3 is 2.96 bits per heavy atom. The summed E-state index contributed by atoms with van der Waals surface area (Å²) >= 11 is 1.99. The summed E-state index contributed by atoms with van der Waals surface area (Å²) in [6.07, 6.45) is 5.25. The Hall–Kier alpha value is -2.69. The second-order valence-corrected chi connectivity index (χ2v) is 6.41. The van der Waals surface area contributed by atoms with E-state index in [4.69, 9.17) is 0 Å². The van der Waals surface area contributed by atoms with Gasteiger partial charge in [0.2, 0.25) is 5.91 Å². The van der Waals surface area contributed by atoms with Crippen LogP contribution in [-0.2, 0) is 11.8 Å². The highest BCUT2D eigenvalue weighted by Gasteiger charge is 2.22. The average Bonchev–Trinajstić information content (AvgIpc) is 3.12. The van der Waals surface area contributed by atoms with E-state index in [-0.39, 0.29) is 11.8 Å². The number of halogens is 1. The van der Waals surface area contributed by atoms with E-state index in [1.54, 1.807) is 23.2 Å². The van der Waals surface area contributed by atoms with Gasteiger partial charge in [0, 0.05) is 41.0 Å². The molecule has 0 saturated heterocycles. The summed E-state index contributed by atoms with van der Waals surface area (Å²) in [5, 5.41) is 11.8. The molecule has 2 aromatic heterocycles. The summed E-state index contributed by atoms with van der Waals surface area (Å²) in [6, 6.07) is 3.49. The van der Waals surface area contributed by atoms with E-state index in [0.29, 0.717) is 15.7 Å². The van der Waals surface area contributed by atoms with Gasteiger partial charge in [-0.2, -0.15) is 10.2 Å². The fourth-order valence-corrected chi connectivity index (χ4v) is 3.12. The van der Waals surface area contributed by atoms with Gasteiger partial charge in [-0.05, 0) is 12.1 Å². The maximum absolute atomic E-state index is 12.4. The standard InChI is InChI=1S/C16H13IN6O2/c1-23-7-8(5-19-23)15-11-6-18-22-16(25)10-2-9(20-13(24)4-17)3-12(21-15)14(10)11/h2-3,5-7,21H,4H2,1H3,(H,20,24)(H,22,25). The van der Waals surface area contributed by atoms with Gasteiger partial charge in [0.25, 0.3) is 5.91 Å². The van der Waals surface area contributed by atoms with Crippen molar-refractivity contribution in [1.82, 2.24) is 20.2 Å². The molecule has 25 heavy (non-hydrogen) atoms. The topological polar surface area (TPSA) is 104 Å². The second kappa shape index (κ2) is 5.99. The number of rotatable bonds is 3. The van der Waals surface area contributed by atoms with Gasteiger partial charge in [-0.15, -0.1) is 0 Å². The Balaban J connectivity index is 1.97. The van der Waals surface area contributed by atoms with Crippen LogP contribution in [0.25, 0.3) is 22.2 Å². The summed E-state index contributed by atoms with van der Waals surface area (Å²) in [7, 11) is 1.84. The molecule has 1 aliphatic heterocycles. The van der Waals surface area contributed by atoms with Crippen molar-refractivity contribution in [1.29, 1.82) is 0 Å². The van der Waals surface area contributed by atoms with Crippen molar-refractivity contribution in [2.75, 3.05) is 9.74 Å². The van der Waals surface area contributed by atoms with E-state index in [0.717, 1.165) is 27.7 Å². The summed E-state index contributed by atoms with van der Waals surface area (Å²) in [6.45, 7) is 0. The molecule has 2 amide bonds. The summed E-state index contributed by atoms with van der Waals surface area (Å²) < 4.78 is 2.04. The van der Waals surface area contributed by atoms with Gasteiger partial charge in [0.1, 0.15) is 0 Å². The van der Waals surface area contributed by atoms with Gasteiger partial charge in [-0.25, -0.2) is 5.43 Å². The van der Waals surface area contributed by atoms with Crippen LogP contribution >= 0.6 is 22.6 Å². The molecule has 0 saturated carbocycles. The fourth-order valence-electron chi connectivity index (χ4n) is 2.93. The minimum atomic E-state index is -0.317. The van der Waals surface area contributed by atoms with Crippen LogP contribution in [-0.4, -0.2) is 37.2 Å². The molecular weight excluding hydrogens is 435 g/mol. The Morgan fingerprint density at radius 2 is 2.24 bits per heavy atom. The zero-order chi connectivity index (χ0) is 17.6. The van der Waals surface area contributed by atoms with E-state index in [1.165, 1.54) is 0 Å². The lowest BCUT2D eigenvalue weighted by molar-refractivity contribution is -0.113. The molecule has 1 aliphatic rings. The van der Waals surface area contributed by atoms with Crippen LogP contribution in [0.15, 0.2) is 29.6 Å². The molecule has 0 atom stereocenters. The third-order valence-electron chi connectivity index (χ3n) is 3.94. The number of nitrogens with one attached hydrogen (secondary N) is 3. The fraction of sp³-hybridized carbons (Fsp3) is 0.125. The van der Waals surface area contributed by atoms with E-state index in [1.807, 2.05) is 41.9 Å². The number of hydrazone groups is 1. The molecule has 0 aliphatic carbocycles. The lowest BCUT2D eigenvalue weighted by atomic mass is 10.0. The molecule has 3 N–H and O–H groups in total. The van der Waals surface area contributed by atoms with Crippen LogP contribution in [0.2, 0.25) is 0 Å². The van der Waals surface area contributed by atoms with Gasteiger partial charge in [-0.1, -0.05) is 22.6 Å². The lowest BCUT2D eigenvalue weighted by Gasteiger charge is -2.07. The summed E-state index contributed by atoms with van der Waals surface area (Å²) in [4.78, 5) is 27.4. The number of anilines is 1. The molecule has 1 aromatic carbocycles. The number of aromatic amines is 1. The van der Waals surface area contributed by atoms with Gasteiger partial charge in [-0.3, -0.25) is 14.3 Å². The van der Waals surface area contributed by atoms with Crippen LogP contribution in [0.4, 0.5) is 5.69 Å². The number of amides is 2. The predicted molar refractivity (Wildman–Crippen MR) is 103 cm³/mol. The molecule has 9 heteroatoms. The van der Waals surface area contributed by atoms with E-state index >= 15 is 0 Å². The van der Waals surface area contributed by atoms with Crippen molar-refractivity contribution in [3.05, 3.63) is 35.7 Å². The van der Waals surface area contributed by atoms with Crippen molar-refractivity contribution in [3.8, 4) is 11.3 Å². The average molecular weight is 448 g/mol. The van der Waals surface area contributed by atoms with Gasteiger partial charge in [0.05, 0.1) is 28.1 Å². The molecule has 0 radical (unpaired) electrons. The summed E-state index contributed by atoms with van der Waals surface area (Å²) in [5.74, 6) is -0.445. The molecule has 0 spiro atoms. The summed E-state index contributed by atoms with van der Waals surface area (Å²) in [5.41, 5.74) is 6.78. The van der Waals surface area contributed by atoms with Crippen molar-refractivity contribution < 1.29 is 9.59 Å². The number of aryl methyl sites for hydroxylation is 1. The molecule has 3 heterocycles. The number of hydrogen-bond donors (Lipinski definition) is 3. The van der Waals surface area contributed by atoms with Crippen molar-refractivity contribution in [2.24, 2.45) is 12.1 Å². The quantitative estimate of drug-likeness (QED) is 0.422. The molecule has 8 nitrogen and oxygen atoms in total. The third-order valence-corrected chi connectivity index (χ3v) is 4.63. The molecule has 126 valence electrons. The number of benzene rings is 1. The number of carbonyl (C=O) groups excluding carboxylic acids is 2. The first-order valence-corrected chi connectivity index (χ1v) is 8.97. The maximum Gasteiger partial charge on any atom is 0.272 e. The minimum absolute atomic E-state index is 0.128. The number of carbonyl (C=O) groups is 2. The maximum atomic E-state index is 12.4. The number of nitrogens with zero attached hydrogens (tertiary/aromatic N) is 3. The lowest BCUT2D eigenvalue weighted by Crippen LogP contribution is -2.17. The van der Waals surface area contributed by atoms with Gasteiger partial charge < -0.3 is 10.3 Å². The SMILES string of the molecule is Cn1cc(-c2[nH]c3cc(NC(=O)CI)cc4c3c2C=NNC4=O)cn1. The Morgan fingerprint density at radius 1 is 1.40 bits per heavy atom. The predicted octanol–water partition coefficient (Wildman–Crippen LogP) is 2.02. The zero-order valence-corrected chi connectivity index (χ0v) is 15.3. The van der Waals surface area contributed by atoms with Crippen molar-refractivity contribution >= 4 is 57.2 Å². The van der Waals surface area contributed by atoms with Crippen LogP contribution in [0.1, 0.15) is 15.9 Å². The van der Waals surface area contributed by atoms with Crippen LogP contribution in [0, 0.1) is 0 Å². The first-order valence-electron chi connectivity index (χ1n) is 7.45. The van der Waals surface area contributed by atoms with E-state index in [9.17, 15) is 9.59 Å². The van der Waals surface area contributed by atoms with Crippen LogP contribution in [0.3, 0.4) is 0 Å². The number of aromatic nitrogens is 3. The van der Waals surface area contributed by atoms with Crippen LogP contribution in [0.5, 0.6) is 0 Å². The van der Waals surface area contributed by atoms with Gasteiger partial charge in [0.15, 0.2) is 0 Å². The van der Waals surface area contributed by atoms with Crippen molar-refractivity contribution in [2.45, 2.75) is 0 Å². The smallest absolute Gasteiger partial charge is 0.272 e. The number of H-pyrrole nitrogens is 1. The highest BCUT2D eigenvalue weighted by atomic mass is 127. The Labute approximate surface area is 155 Å². The largest absolute Gasteiger partial charge is 0.354 e. The number of alkyl halides is 1. The molecule has 0 fully saturated rings. The zero-order valence-electron chi connectivity index (χ0n) is 13.1. The highest BCUT2D eigenvalue weighted by Crippen LogP contribution is 2.34.